The maximum absolute atomic E-state index is 5.22. The van der Waals surface area contributed by atoms with Gasteiger partial charge in [0, 0.05) is 17.9 Å². The number of hydrogen-bond donors (Lipinski definition) is 0. The van der Waals surface area contributed by atoms with E-state index >= 15 is 0 Å². The van der Waals surface area contributed by atoms with Crippen LogP contribution in [-0.4, -0.2) is 42.1 Å². The summed E-state index contributed by atoms with van der Waals surface area (Å²) in [6, 6.07) is 2.13. The molecule has 1 unspecified atom stereocenters. The predicted molar refractivity (Wildman–Crippen MR) is 78.5 cm³/mol. The number of nitrogens with zero attached hydrogens (tertiary/aromatic N) is 3. The number of methoxy groups -OCH3 is 2. The third kappa shape index (κ3) is 3.49. The Hall–Kier alpha value is -1.04. The van der Waals surface area contributed by atoms with Gasteiger partial charge in [-0.05, 0) is 12.8 Å². The molecule has 0 bridgehead atoms. The summed E-state index contributed by atoms with van der Waals surface area (Å²) in [5.41, 5.74) is 0. The second-order valence-electron chi connectivity index (χ2n) is 4.60. The van der Waals surface area contributed by atoms with Gasteiger partial charge in [0.05, 0.1) is 20.3 Å². The van der Waals surface area contributed by atoms with Gasteiger partial charge >= 0.3 is 0 Å². The van der Waals surface area contributed by atoms with Gasteiger partial charge in [0.1, 0.15) is 0 Å². The first-order valence-electron chi connectivity index (χ1n) is 6.58. The molecule has 1 aliphatic heterocycles. The van der Waals surface area contributed by atoms with Gasteiger partial charge in [0.25, 0.3) is 0 Å². The summed E-state index contributed by atoms with van der Waals surface area (Å²) >= 11 is 3.59. The minimum Gasteiger partial charge on any atom is -0.481 e. The van der Waals surface area contributed by atoms with Gasteiger partial charge in [-0.2, -0.15) is 9.97 Å². The number of anilines is 1. The van der Waals surface area contributed by atoms with Crippen LogP contribution in [0.4, 0.5) is 5.95 Å². The minimum atomic E-state index is 0.430. The molecule has 5 nitrogen and oxygen atoms in total. The van der Waals surface area contributed by atoms with Crippen molar-refractivity contribution in [3.05, 3.63) is 6.07 Å². The molecule has 0 saturated carbocycles. The third-order valence-electron chi connectivity index (χ3n) is 3.40. The molecule has 0 aliphatic carbocycles. The Morgan fingerprint density at radius 1 is 1.21 bits per heavy atom. The lowest BCUT2D eigenvalue weighted by Crippen LogP contribution is -2.37. The van der Waals surface area contributed by atoms with Crippen molar-refractivity contribution in [2.45, 2.75) is 31.7 Å². The number of aromatic nitrogens is 2. The van der Waals surface area contributed by atoms with Crippen LogP contribution in [0.3, 0.4) is 0 Å². The van der Waals surface area contributed by atoms with E-state index in [0.29, 0.717) is 23.8 Å². The molecule has 0 N–H and O–H groups in total. The van der Waals surface area contributed by atoms with Crippen LogP contribution in [0, 0.1) is 0 Å². The van der Waals surface area contributed by atoms with E-state index in [1.165, 1.54) is 19.3 Å². The van der Waals surface area contributed by atoms with Gasteiger partial charge in [0.2, 0.25) is 17.7 Å². The van der Waals surface area contributed by atoms with Gasteiger partial charge in [-0.15, -0.1) is 0 Å². The van der Waals surface area contributed by atoms with Crippen molar-refractivity contribution in [2.24, 2.45) is 0 Å². The molecule has 0 amide bonds. The Morgan fingerprint density at radius 2 is 1.89 bits per heavy atom. The quantitative estimate of drug-likeness (QED) is 0.795. The van der Waals surface area contributed by atoms with Crippen molar-refractivity contribution in [1.29, 1.82) is 0 Å². The zero-order valence-corrected chi connectivity index (χ0v) is 13.0. The molecule has 1 aromatic heterocycles. The van der Waals surface area contributed by atoms with Crippen LogP contribution in [0.5, 0.6) is 11.8 Å². The SMILES string of the molecule is COc1cc(OC)nc(N2CCCCCC2CBr)n1. The van der Waals surface area contributed by atoms with Crippen LogP contribution in [-0.2, 0) is 0 Å². The van der Waals surface area contributed by atoms with Crippen molar-refractivity contribution in [3.63, 3.8) is 0 Å². The summed E-state index contributed by atoms with van der Waals surface area (Å²) in [6.45, 7) is 0.979. The molecule has 6 heteroatoms. The number of alkyl halides is 1. The van der Waals surface area contributed by atoms with E-state index in [-0.39, 0.29) is 0 Å². The van der Waals surface area contributed by atoms with E-state index in [9.17, 15) is 0 Å². The van der Waals surface area contributed by atoms with Crippen molar-refractivity contribution in [1.82, 2.24) is 9.97 Å². The number of hydrogen-bond acceptors (Lipinski definition) is 5. The molecule has 2 rings (SSSR count). The molecule has 1 aromatic rings. The molecule has 1 atom stereocenters. The lowest BCUT2D eigenvalue weighted by atomic mass is 10.1. The summed E-state index contributed by atoms with van der Waals surface area (Å²) in [5, 5.41) is 0.926. The zero-order chi connectivity index (χ0) is 13.7. The highest BCUT2D eigenvalue weighted by atomic mass is 79.9. The largest absolute Gasteiger partial charge is 0.481 e. The van der Waals surface area contributed by atoms with Gasteiger partial charge in [-0.3, -0.25) is 0 Å². The monoisotopic (exact) mass is 329 g/mol. The molecule has 19 heavy (non-hydrogen) atoms. The van der Waals surface area contributed by atoms with E-state index in [2.05, 4.69) is 30.8 Å². The Kier molecular flexibility index (Phi) is 5.24. The first-order chi connectivity index (χ1) is 9.28. The van der Waals surface area contributed by atoms with Crippen LogP contribution in [0.1, 0.15) is 25.7 Å². The summed E-state index contributed by atoms with van der Waals surface area (Å²) in [7, 11) is 3.21. The number of halogens is 1. The predicted octanol–water partition coefficient (Wildman–Crippen LogP) is 2.64. The maximum atomic E-state index is 5.22. The first-order valence-corrected chi connectivity index (χ1v) is 7.70. The second kappa shape index (κ2) is 6.93. The number of rotatable bonds is 4. The van der Waals surface area contributed by atoms with E-state index < -0.39 is 0 Å². The Labute approximate surface area is 122 Å². The normalized spacial score (nSPS) is 19.9. The highest BCUT2D eigenvalue weighted by Crippen LogP contribution is 2.26. The third-order valence-corrected chi connectivity index (χ3v) is 4.15. The van der Waals surface area contributed by atoms with Crippen molar-refractivity contribution < 1.29 is 9.47 Å². The average molecular weight is 330 g/mol. The van der Waals surface area contributed by atoms with Crippen LogP contribution in [0.25, 0.3) is 0 Å². The van der Waals surface area contributed by atoms with E-state index in [4.69, 9.17) is 9.47 Å². The highest BCUT2D eigenvalue weighted by Gasteiger charge is 2.23. The van der Waals surface area contributed by atoms with E-state index in [0.717, 1.165) is 18.3 Å². The number of ether oxygens (including phenoxy) is 2. The van der Waals surface area contributed by atoms with Gasteiger partial charge in [0.15, 0.2) is 0 Å². The molecule has 0 spiro atoms. The second-order valence-corrected chi connectivity index (χ2v) is 5.25. The van der Waals surface area contributed by atoms with Crippen molar-refractivity contribution >= 4 is 21.9 Å². The van der Waals surface area contributed by atoms with Crippen molar-refractivity contribution in [3.8, 4) is 11.8 Å². The summed E-state index contributed by atoms with van der Waals surface area (Å²) in [6.07, 6.45) is 4.86. The zero-order valence-electron chi connectivity index (χ0n) is 11.4. The maximum Gasteiger partial charge on any atom is 0.232 e. The van der Waals surface area contributed by atoms with Crippen LogP contribution >= 0.6 is 15.9 Å². The van der Waals surface area contributed by atoms with Crippen LogP contribution in [0.2, 0.25) is 0 Å². The molecular formula is C13H20BrN3O2. The lowest BCUT2D eigenvalue weighted by molar-refractivity contribution is 0.371. The fraction of sp³-hybridized carbons (Fsp3) is 0.692. The van der Waals surface area contributed by atoms with Gasteiger partial charge in [-0.1, -0.05) is 28.8 Å². The molecule has 1 aliphatic rings. The molecular weight excluding hydrogens is 310 g/mol. The molecule has 2 heterocycles. The lowest BCUT2D eigenvalue weighted by Gasteiger charge is -2.28. The van der Waals surface area contributed by atoms with Crippen LogP contribution < -0.4 is 14.4 Å². The van der Waals surface area contributed by atoms with Crippen molar-refractivity contribution in [2.75, 3.05) is 31.0 Å². The molecule has 0 radical (unpaired) electrons. The Bertz CT molecular complexity index is 395. The molecule has 106 valence electrons. The summed E-state index contributed by atoms with van der Waals surface area (Å²) in [5.74, 6) is 1.78. The topological polar surface area (TPSA) is 47.5 Å². The van der Waals surface area contributed by atoms with E-state index in [1.807, 2.05) is 0 Å². The minimum absolute atomic E-state index is 0.430. The first kappa shape index (κ1) is 14.4. The summed E-state index contributed by atoms with van der Waals surface area (Å²) in [4.78, 5) is 11.2. The van der Waals surface area contributed by atoms with Crippen LogP contribution in [0.15, 0.2) is 6.07 Å². The van der Waals surface area contributed by atoms with Gasteiger partial charge < -0.3 is 14.4 Å². The molecule has 1 fully saturated rings. The Balaban J connectivity index is 2.31. The fourth-order valence-electron chi connectivity index (χ4n) is 2.33. The standard InChI is InChI=1S/C13H20BrN3O2/c1-18-11-8-12(19-2)16-13(15-11)17-7-5-3-4-6-10(17)9-14/h8,10H,3-7,9H2,1-2H3. The smallest absolute Gasteiger partial charge is 0.232 e. The molecule has 0 aromatic carbocycles. The Morgan fingerprint density at radius 3 is 2.47 bits per heavy atom. The van der Waals surface area contributed by atoms with E-state index in [1.54, 1.807) is 20.3 Å². The molecule has 1 saturated heterocycles. The highest BCUT2D eigenvalue weighted by molar-refractivity contribution is 9.09. The average Bonchev–Trinajstić information content (AvgIpc) is 2.71. The fourth-order valence-corrected chi connectivity index (χ4v) is 3.00. The summed E-state index contributed by atoms with van der Waals surface area (Å²) < 4.78 is 10.4. The van der Waals surface area contributed by atoms with Gasteiger partial charge in [-0.25, -0.2) is 0 Å².